The number of nitrogens with zero attached hydrogens (tertiary/aromatic N) is 3. The van der Waals surface area contributed by atoms with Crippen LogP contribution in [0.4, 0.5) is 0 Å². The second-order valence-corrected chi connectivity index (χ2v) is 16.9. The number of benzene rings is 4. The Labute approximate surface area is 308 Å². The molecule has 0 spiro atoms. The number of nitrogens with one attached hydrogen (secondary N) is 1. The zero-order valence-electron chi connectivity index (χ0n) is 30.4. The fourth-order valence-corrected chi connectivity index (χ4v) is 11.0. The van der Waals surface area contributed by atoms with E-state index in [0.717, 1.165) is 64.5 Å². The van der Waals surface area contributed by atoms with E-state index >= 15 is 0 Å². The predicted octanol–water partition coefficient (Wildman–Crippen LogP) is 10.8. The first kappa shape index (κ1) is 35.8. The van der Waals surface area contributed by atoms with Gasteiger partial charge in [-0.05, 0) is 78.2 Å². The molecule has 0 radical (unpaired) electrons. The molecule has 0 saturated heterocycles. The number of fused-ring (bicyclic) bond motifs is 12. The Morgan fingerprint density at radius 2 is 1.13 bits per heavy atom. The molecular formula is C46H56N4O2. The third kappa shape index (κ3) is 4.24. The summed E-state index contributed by atoms with van der Waals surface area (Å²) in [7, 11) is 0. The summed E-state index contributed by atoms with van der Waals surface area (Å²) in [5, 5.41) is 8.09. The van der Waals surface area contributed by atoms with E-state index in [9.17, 15) is 9.59 Å². The molecule has 0 aliphatic heterocycles. The van der Waals surface area contributed by atoms with Crippen LogP contribution in [0.15, 0.2) is 94.5 Å². The predicted molar refractivity (Wildman–Crippen MR) is 217 cm³/mol. The summed E-state index contributed by atoms with van der Waals surface area (Å²) >= 11 is 0. The van der Waals surface area contributed by atoms with Crippen molar-refractivity contribution >= 4 is 21.5 Å². The van der Waals surface area contributed by atoms with E-state index in [0.29, 0.717) is 11.8 Å². The maximum absolute atomic E-state index is 13.6. The lowest BCUT2D eigenvalue weighted by atomic mass is 9.70. The molecule has 4 atom stereocenters. The summed E-state index contributed by atoms with van der Waals surface area (Å²) in [6.45, 7) is 17.0. The molecule has 2 saturated carbocycles. The molecule has 2 fully saturated rings. The molecule has 272 valence electrons. The SMILES string of the molecule is C.C.CC1(C)[C@@H]2CC[C@@]1(C)c1[nH]n(-c3cccc4ccccc34)c(=O)c12.CCn1c2c(c(=O)n1-c1cccc3ccccc13)[C@H]1CC[C@]2(C)C1(C)C. The molecule has 2 aromatic heterocycles. The lowest BCUT2D eigenvalue weighted by Gasteiger charge is -2.36. The Hall–Kier alpha value is -4.58. The van der Waals surface area contributed by atoms with E-state index < -0.39 is 0 Å². The third-order valence-electron chi connectivity index (χ3n) is 14.6. The third-order valence-corrected chi connectivity index (χ3v) is 14.6. The minimum Gasteiger partial charge on any atom is -0.294 e. The molecule has 4 aliphatic rings. The highest BCUT2D eigenvalue weighted by Gasteiger charge is 2.63. The Balaban J connectivity index is 0.000000156. The molecular weight excluding hydrogens is 641 g/mol. The molecule has 52 heavy (non-hydrogen) atoms. The van der Waals surface area contributed by atoms with Gasteiger partial charge in [-0.25, -0.2) is 9.36 Å². The molecule has 6 nitrogen and oxygen atoms in total. The fourth-order valence-electron chi connectivity index (χ4n) is 11.0. The van der Waals surface area contributed by atoms with Gasteiger partial charge in [-0.1, -0.05) is 129 Å². The summed E-state index contributed by atoms with van der Waals surface area (Å²) in [6.07, 6.45) is 4.60. The summed E-state index contributed by atoms with van der Waals surface area (Å²) in [5.74, 6) is 0.751. The van der Waals surface area contributed by atoms with Gasteiger partial charge in [-0.2, -0.15) is 0 Å². The molecule has 2 heterocycles. The van der Waals surface area contributed by atoms with Gasteiger partial charge in [-0.3, -0.25) is 19.4 Å². The van der Waals surface area contributed by atoms with Crippen LogP contribution in [0.2, 0.25) is 0 Å². The quantitative estimate of drug-likeness (QED) is 0.200. The Morgan fingerprint density at radius 3 is 1.73 bits per heavy atom. The highest BCUT2D eigenvalue weighted by atomic mass is 16.1. The molecule has 0 unspecified atom stereocenters. The van der Waals surface area contributed by atoms with Gasteiger partial charge < -0.3 is 0 Å². The number of hydrogen-bond acceptors (Lipinski definition) is 2. The lowest BCUT2D eigenvalue weighted by molar-refractivity contribution is 0.216. The van der Waals surface area contributed by atoms with Crippen LogP contribution in [0.3, 0.4) is 0 Å². The van der Waals surface area contributed by atoms with Crippen molar-refractivity contribution in [2.24, 2.45) is 10.8 Å². The van der Waals surface area contributed by atoms with E-state index in [1.165, 1.54) is 23.2 Å². The zero-order valence-corrected chi connectivity index (χ0v) is 30.4. The van der Waals surface area contributed by atoms with Gasteiger partial charge in [0.25, 0.3) is 11.1 Å². The molecule has 1 N–H and O–H groups in total. The van der Waals surface area contributed by atoms with Crippen LogP contribution in [-0.2, 0) is 17.4 Å². The van der Waals surface area contributed by atoms with Gasteiger partial charge in [0.05, 0.1) is 17.1 Å². The number of H-pyrrole nitrogens is 1. The molecule has 0 amide bonds. The summed E-state index contributed by atoms with van der Waals surface area (Å²) in [4.78, 5) is 26.9. The molecule has 4 bridgehead atoms. The summed E-state index contributed by atoms with van der Waals surface area (Å²) in [6, 6.07) is 29.0. The number of hydrogen-bond donors (Lipinski definition) is 1. The molecule has 4 aliphatic carbocycles. The minimum atomic E-state index is 0. The van der Waals surface area contributed by atoms with Crippen molar-refractivity contribution in [3.8, 4) is 11.4 Å². The van der Waals surface area contributed by atoms with Gasteiger partial charge in [0, 0.05) is 45.0 Å². The van der Waals surface area contributed by atoms with Gasteiger partial charge in [0.2, 0.25) is 0 Å². The fraction of sp³-hybridized carbons (Fsp3) is 0.435. The van der Waals surface area contributed by atoms with Gasteiger partial charge in [-0.15, -0.1) is 0 Å². The van der Waals surface area contributed by atoms with Crippen molar-refractivity contribution in [2.45, 2.75) is 118 Å². The first-order valence-corrected chi connectivity index (χ1v) is 18.5. The first-order valence-electron chi connectivity index (χ1n) is 18.5. The van der Waals surface area contributed by atoms with E-state index in [2.05, 4.69) is 119 Å². The second-order valence-electron chi connectivity index (χ2n) is 16.9. The van der Waals surface area contributed by atoms with Gasteiger partial charge in [0.15, 0.2) is 0 Å². The minimum absolute atomic E-state index is 0. The van der Waals surface area contributed by atoms with Crippen molar-refractivity contribution < 1.29 is 0 Å². The normalized spacial score (nSPS) is 25.3. The van der Waals surface area contributed by atoms with Crippen LogP contribution >= 0.6 is 0 Å². The molecule has 6 aromatic rings. The monoisotopic (exact) mass is 696 g/mol. The number of rotatable bonds is 3. The lowest BCUT2D eigenvalue weighted by Crippen LogP contribution is -2.35. The Bertz CT molecular complexity index is 2480. The van der Waals surface area contributed by atoms with Crippen LogP contribution in [0.25, 0.3) is 32.9 Å². The van der Waals surface area contributed by atoms with Crippen molar-refractivity contribution in [3.05, 3.63) is 128 Å². The average Bonchev–Trinajstić information content (AvgIpc) is 3.84. The summed E-state index contributed by atoms with van der Waals surface area (Å²) in [5.41, 5.74) is 7.33. The number of aromatic amines is 1. The standard InChI is InChI=1S/C23H26N2O.C21H22N2O.2CH4/c1-5-24-20-19(17-13-14-23(20,4)22(17,2)3)21(26)25(24)18-12-8-10-15-9-6-7-11-16(15)18;1-20(2)15-11-12-21(20,3)18-17(15)19(24)23(22-18)16-10-6-8-13-7-4-5-9-14(13)16;;/h6-12,17H,5,13-14H2,1-4H3;4-10,15,22H,11-12H2,1-3H3;2*1H4/t17-,23+;15-,21+;;/m11../s1. The summed E-state index contributed by atoms with van der Waals surface area (Å²) < 4.78 is 6.00. The Kier molecular flexibility index (Phi) is 8.07. The highest BCUT2D eigenvalue weighted by Crippen LogP contribution is 2.68. The average molecular weight is 697 g/mol. The molecule has 4 aromatic carbocycles. The first-order chi connectivity index (χ1) is 23.9. The van der Waals surface area contributed by atoms with Crippen LogP contribution in [-0.4, -0.2) is 19.1 Å². The van der Waals surface area contributed by atoms with E-state index in [1.807, 2.05) is 28.9 Å². The van der Waals surface area contributed by atoms with Crippen molar-refractivity contribution in [2.75, 3.05) is 0 Å². The van der Waals surface area contributed by atoms with Crippen LogP contribution in [0, 0.1) is 10.8 Å². The smallest absolute Gasteiger partial charge is 0.275 e. The van der Waals surface area contributed by atoms with Crippen LogP contribution < -0.4 is 11.1 Å². The van der Waals surface area contributed by atoms with Gasteiger partial charge in [0.1, 0.15) is 0 Å². The van der Waals surface area contributed by atoms with Crippen molar-refractivity contribution in [1.29, 1.82) is 0 Å². The van der Waals surface area contributed by atoms with E-state index in [1.54, 1.807) is 4.68 Å². The van der Waals surface area contributed by atoms with Crippen molar-refractivity contribution in [1.82, 2.24) is 19.1 Å². The maximum Gasteiger partial charge on any atom is 0.275 e. The van der Waals surface area contributed by atoms with Crippen LogP contribution in [0.1, 0.15) is 123 Å². The van der Waals surface area contributed by atoms with E-state index in [4.69, 9.17) is 0 Å². The highest BCUT2D eigenvalue weighted by molar-refractivity contribution is 5.91. The zero-order chi connectivity index (χ0) is 35.0. The maximum atomic E-state index is 13.6. The molecule has 6 heteroatoms. The van der Waals surface area contributed by atoms with Crippen molar-refractivity contribution in [3.63, 3.8) is 0 Å². The van der Waals surface area contributed by atoms with Crippen LogP contribution in [0.5, 0.6) is 0 Å². The topological polar surface area (TPSA) is 64.7 Å². The largest absolute Gasteiger partial charge is 0.294 e. The Morgan fingerprint density at radius 1 is 0.635 bits per heavy atom. The molecule has 10 rings (SSSR count). The van der Waals surface area contributed by atoms with Gasteiger partial charge >= 0.3 is 0 Å². The second kappa shape index (κ2) is 11.7. The number of aromatic nitrogens is 4. The van der Waals surface area contributed by atoms with E-state index in [-0.39, 0.29) is 47.6 Å².